The topological polar surface area (TPSA) is 25.8 Å². The van der Waals surface area contributed by atoms with E-state index >= 15 is 0 Å². The molecule has 2 heteroatoms. The first-order valence-electron chi connectivity index (χ1n) is 20.4. The van der Waals surface area contributed by atoms with Gasteiger partial charge in [0.25, 0.3) is 0 Å². The molecule has 1 heterocycles. The third-order valence-corrected chi connectivity index (χ3v) is 12.3. The lowest BCUT2D eigenvalue weighted by atomic mass is 9.81. The van der Waals surface area contributed by atoms with E-state index in [0.29, 0.717) is 5.82 Å². The van der Waals surface area contributed by atoms with Crippen molar-refractivity contribution >= 4 is 21.5 Å². The third kappa shape index (κ3) is 5.96. The van der Waals surface area contributed by atoms with E-state index in [1.165, 1.54) is 66.2 Å². The molecular weight excluding hydrogens is 713 g/mol. The van der Waals surface area contributed by atoms with Crippen LogP contribution < -0.4 is 0 Å². The van der Waals surface area contributed by atoms with Gasteiger partial charge in [-0.05, 0) is 101 Å². The van der Waals surface area contributed by atoms with Crippen LogP contribution in [-0.4, -0.2) is 9.97 Å². The van der Waals surface area contributed by atoms with Crippen molar-refractivity contribution in [1.82, 2.24) is 9.97 Å². The molecule has 1 aliphatic carbocycles. The number of aromatic nitrogens is 2. The first-order chi connectivity index (χ1) is 29.0. The number of benzene rings is 9. The zero-order valence-corrected chi connectivity index (χ0v) is 33.0. The van der Waals surface area contributed by atoms with Gasteiger partial charge in [0, 0.05) is 22.1 Å². The van der Waals surface area contributed by atoms with E-state index in [9.17, 15) is 0 Å². The van der Waals surface area contributed by atoms with Crippen molar-refractivity contribution in [3.63, 3.8) is 0 Å². The standard InChI is InChI=1S/C57H40N2/c1-57(2)51-33-29-39-16-9-10-21-46(39)55(51)50-30-28-43(35-52(50)57)38-24-26-40(27-25-38)45-31-32-49(48-23-12-11-22-47(45)48)56-58-53(41-17-7-4-8-18-41)36-54(59-56)44-20-13-19-42(34-44)37-14-5-3-6-15-37/h3-36H,1-2H3. The van der Waals surface area contributed by atoms with Gasteiger partial charge in [-0.15, -0.1) is 0 Å². The van der Waals surface area contributed by atoms with E-state index in [0.717, 1.165) is 39.0 Å². The van der Waals surface area contributed by atoms with Crippen LogP contribution in [0.4, 0.5) is 0 Å². The van der Waals surface area contributed by atoms with Crippen LogP contribution in [0.1, 0.15) is 25.0 Å². The van der Waals surface area contributed by atoms with Gasteiger partial charge in [0.05, 0.1) is 11.4 Å². The Morgan fingerprint density at radius 1 is 0.322 bits per heavy atom. The largest absolute Gasteiger partial charge is 0.228 e. The number of hydrogen-bond donors (Lipinski definition) is 0. The lowest BCUT2D eigenvalue weighted by Crippen LogP contribution is -2.15. The Balaban J connectivity index is 0.974. The molecule has 59 heavy (non-hydrogen) atoms. The zero-order chi connectivity index (χ0) is 39.5. The highest BCUT2D eigenvalue weighted by Gasteiger charge is 2.36. The first kappa shape index (κ1) is 34.8. The van der Waals surface area contributed by atoms with Crippen LogP contribution in [0.25, 0.3) is 100.0 Å². The number of nitrogens with zero attached hydrogens (tertiary/aromatic N) is 2. The predicted octanol–water partition coefficient (Wildman–Crippen LogP) is 15.1. The summed E-state index contributed by atoms with van der Waals surface area (Å²) in [6.07, 6.45) is 0. The van der Waals surface area contributed by atoms with Gasteiger partial charge in [-0.25, -0.2) is 9.97 Å². The molecule has 0 fully saturated rings. The third-order valence-electron chi connectivity index (χ3n) is 12.3. The highest BCUT2D eigenvalue weighted by atomic mass is 14.9. The van der Waals surface area contributed by atoms with Gasteiger partial charge in [0.2, 0.25) is 0 Å². The maximum absolute atomic E-state index is 5.28. The molecule has 1 aliphatic rings. The zero-order valence-electron chi connectivity index (χ0n) is 33.0. The molecule has 11 rings (SSSR count). The summed E-state index contributed by atoms with van der Waals surface area (Å²) in [7, 11) is 0. The van der Waals surface area contributed by atoms with Crippen LogP contribution in [0.2, 0.25) is 0 Å². The Morgan fingerprint density at radius 2 is 0.847 bits per heavy atom. The van der Waals surface area contributed by atoms with Crippen molar-refractivity contribution in [3.8, 4) is 78.4 Å². The summed E-state index contributed by atoms with van der Waals surface area (Å²) in [5.74, 6) is 0.708. The molecular formula is C57H40N2. The highest BCUT2D eigenvalue weighted by molar-refractivity contribution is 6.05. The quantitative estimate of drug-likeness (QED) is 0.169. The molecule has 2 nitrogen and oxygen atoms in total. The maximum Gasteiger partial charge on any atom is 0.161 e. The van der Waals surface area contributed by atoms with Gasteiger partial charge in [-0.1, -0.05) is 196 Å². The molecule has 9 aromatic carbocycles. The van der Waals surface area contributed by atoms with Gasteiger partial charge in [0.1, 0.15) is 0 Å². The Labute approximate surface area is 345 Å². The molecule has 0 spiro atoms. The van der Waals surface area contributed by atoms with Gasteiger partial charge in [-0.3, -0.25) is 0 Å². The maximum atomic E-state index is 5.28. The van der Waals surface area contributed by atoms with E-state index in [-0.39, 0.29) is 5.41 Å². The summed E-state index contributed by atoms with van der Waals surface area (Å²) in [5.41, 5.74) is 17.5. The van der Waals surface area contributed by atoms with Crippen LogP contribution in [0.15, 0.2) is 206 Å². The van der Waals surface area contributed by atoms with Gasteiger partial charge < -0.3 is 0 Å². The Morgan fingerprint density at radius 3 is 1.61 bits per heavy atom. The molecule has 0 atom stereocenters. The Bertz CT molecular complexity index is 3220. The van der Waals surface area contributed by atoms with Gasteiger partial charge >= 0.3 is 0 Å². The predicted molar refractivity (Wildman–Crippen MR) is 247 cm³/mol. The number of hydrogen-bond acceptors (Lipinski definition) is 2. The minimum atomic E-state index is -0.0808. The smallest absolute Gasteiger partial charge is 0.161 e. The summed E-state index contributed by atoms with van der Waals surface area (Å²) in [5, 5.41) is 4.91. The van der Waals surface area contributed by atoms with Crippen molar-refractivity contribution < 1.29 is 0 Å². The fourth-order valence-corrected chi connectivity index (χ4v) is 9.24. The lowest BCUT2D eigenvalue weighted by molar-refractivity contribution is 0.661. The number of rotatable bonds is 6. The van der Waals surface area contributed by atoms with E-state index in [2.05, 4.69) is 214 Å². The van der Waals surface area contributed by atoms with Crippen LogP contribution in [0.3, 0.4) is 0 Å². The second kappa shape index (κ2) is 13.9. The summed E-state index contributed by atoms with van der Waals surface area (Å²) in [6, 6.07) is 74.2. The molecule has 0 bridgehead atoms. The molecule has 0 aliphatic heterocycles. The molecule has 0 N–H and O–H groups in total. The lowest BCUT2D eigenvalue weighted by Gasteiger charge is -2.22. The van der Waals surface area contributed by atoms with Crippen LogP contribution in [0, 0.1) is 0 Å². The van der Waals surface area contributed by atoms with E-state index in [1.807, 2.05) is 6.07 Å². The second-order valence-electron chi connectivity index (χ2n) is 16.2. The van der Waals surface area contributed by atoms with Gasteiger partial charge in [-0.2, -0.15) is 0 Å². The summed E-state index contributed by atoms with van der Waals surface area (Å²) < 4.78 is 0. The minimum absolute atomic E-state index is 0.0808. The second-order valence-corrected chi connectivity index (χ2v) is 16.2. The molecule has 0 unspecified atom stereocenters. The fourth-order valence-electron chi connectivity index (χ4n) is 9.24. The summed E-state index contributed by atoms with van der Waals surface area (Å²) in [4.78, 5) is 10.5. The average Bonchev–Trinajstić information content (AvgIpc) is 3.54. The molecule has 10 aromatic rings. The monoisotopic (exact) mass is 752 g/mol. The molecule has 0 saturated heterocycles. The molecule has 0 radical (unpaired) electrons. The van der Waals surface area contributed by atoms with E-state index in [4.69, 9.17) is 9.97 Å². The molecule has 278 valence electrons. The molecule has 0 saturated carbocycles. The van der Waals surface area contributed by atoms with Crippen LogP contribution in [0.5, 0.6) is 0 Å². The van der Waals surface area contributed by atoms with Gasteiger partial charge in [0.15, 0.2) is 5.82 Å². The van der Waals surface area contributed by atoms with E-state index in [1.54, 1.807) is 0 Å². The Kier molecular flexibility index (Phi) is 8.20. The molecule has 1 aromatic heterocycles. The van der Waals surface area contributed by atoms with Crippen LogP contribution in [-0.2, 0) is 5.41 Å². The number of fused-ring (bicyclic) bond motifs is 6. The fraction of sp³-hybridized carbons (Fsp3) is 0.0526. The van der Waals surface area contributed by atoms with Crippen molar-refractivity contribution in [1.29, 1.82) is 0 Å². The van der Waals surface area contributed by atoms with Crippen molar-refractivity contribution in [2.24, 2.45) is 0 Å². The summed E-state index contributed by atoms with van der Waals surface area (Å²) >= 11 is 0. The highest BCUT2D eigenvalue weighted by Crippen LogP contribution is 2.52. The van der Waals surface area contributed by atoms with Crippen LogP contribution >= 0.6 is 0 Å². The minimum Gasteiger partial charge on any atom is -0.228 e. The first-order valence-corrected chi connectivity index (χ1v) is 20.4. The summed E-state index contributed by atoms with van der Waals surface area (Å²) in [6.45, 7) is 4.72. The molecule has 0 amide bonds. The average molecular weight is 753 g/mol. The van der Waals surface area contributed by atoms with Crippen molar-refractivity contribution in [2.45, 2.75) is 19.3 Å². The normalized spacial score (nSPS) is 12.7. The Hall–Kier alpha value is -7.42. The SMILES string of the molecule is CC1(C)c2cc(-c3ccc(-c4ccc(-c5nc(-c6ccccc6)cc(-c6cccc(-c7ccccc7)c6)n5)c5ccccc45)cc3)ccc2-c2c1ccc1ccccc21. The van der Waals surface area contributed by atoms with Crippen molar-refractivity contribution in [3.05, 3.63) is 217 Å². The van der Waals surface area contributed by atoms with E-state index < -0.39 is 0 Å². The van der Waals surface area contributed by atoms with Crippen molar-refractivity contribution in [2.75, 3.05) is 0 Å².